The number of carbonyl (C=O) groups is 4. The number of nitrogens with zero attached hydrogens (tertiary/aromatic N) is 2. The van der Waals surface area contributed by atoms with Gasteiger partial charge in [0.15, 0.2) is 0 Å². The fourth-order valence-electron chi connectivity index (χ4n) is 3.41. The molecule has 26 heavy (non-hydrogen) atoms. The van der Waals surface area contributed by atoms with E-state index in [1.165, 1.54) is 24.3 Å². The molecule has 0 spiro atoms. The standard InChI is InChI=1S/C18H20FN3O4/c1-11(12-6-8-13(19)9-7-12)20-15(23)10-21-16(24)17(25)22(18(21)26)14-4-2-3-5-14/h6-9,11,14H,2-5,10H2,1H3,(H,20,23). The molecule has 1 aliphatic heterocycles. The summed E-state index contributed by atoms with van der Waals surface area (Å²) in [7, 11) is 0. The van der Waals surface area contributed by atoms with E-state index in [1.54, 1.807) is 6.92 Å². The number of rotatable bonds is 5. The van der Waals surface area contributed by atoms with Crippen molar-refractivity contribution < 1.29 is 23.6 Å². The van der Waals surface area contributed by atoms with Gasteiger partial charge in [0.25, 0.3) is 0 Å². The molecule has 1 aromatic rings. The zero-order valence-corrected chi connectivity index (χ0v) is 14.4. The highest BCUT2D eigenvalue weighted by Gasteiger charge is 2.48. The molecule has 0 bridgehead atoms. The highest BCUT2D eigenvalue weighted by Crippen LogP contribution is 2.27. The highest BCUT2D eigenvalue weighted by molar-refractivity contribution is 6.45. The normalized spacial score (nSPS) is 19.4. The number of imide groups is 2. The van der Waals surface area contributed by atoms with E-state index in [9.17, 15) is 23.6 Å². The average Bonchev–Trinajstić information content (AvgIpc) is 3.19. The Bertz CT molecular complexity index is 743. The molecule has 1 heterocycles. The summed E-state index contributed by atoms with van der Waals surface area (Å²) in [5.74, 6) is -2.77. The summed E-state index contributed by atoms with van der Waals surface area (Å²) in [6, 6.07) is 4.22. The highest BCUT2D eigenvalue weighted by atomic mass is 19.1. The lowest BCUT2D eigenvalue weighted by Gasteiger charge is -2.21. The van der Waals surface area contributed by atoms with Crippen LogP contribution in [0.2, 0.25) is 0 Å². The lowest BCUT2D eigenvalue weighted by atomic mass is 10.1. The van der Waals surface area contributed by atoms with Gasteiger partial charge in [-0.15, -0.1) is 0 Å². The van der Waals surface area contributed by atoms with E-state index < -0.39 is 36.3 Å². The van der Waals surface area contributed by atoms with E-state index >= 15 is 0 Å². The fraction of sp³-hybridized carbons (Fsp3) is 0.444. The molecule has 1 saturated carbocycles. The first-order valence-electron chi connectivity index (χ1n) is 8.62. The number of hydrogen-bond donors (Lipinski definition) is 1. The molecule has 3 rings (SSSR count). The quantitative estimate of drug-likeness (QED) is 0.639. The van der Waals surface area contributed by atoms with Crippen LogP contribution in [0.4, 0.5) is 9.18 Å². The van der Waals surface area contributed by atoms with Crippen molar-refractivity contribution in [2.45, 2.75) is 44.7 Å². The molecule has 2 aliphatic rings. The molecular weight excluding hydrogens is 341 g/mol. The first-order valence-corrected chi connectivity index (χ1v) is 8.62. The van der Waals surface area contributed by atoms with Gasteiger partial charge < -0.3 is 5.32 Å². The Morgan fingerprint density at radius 3 is 2.38 bits per heavy atom. The van der Waals surface area contributed by atoms with Gasteiger partial charge >= 0.3 is 17.8 Å². The van der Waals surface area contributed by atoms with E-state index in [-0.39, 0.29) is 11.9 Å². The summed E-state index contributed by atoms with van der Waals surface area (Å²) in [5.41, 5.74) is 0.683. The second kappa shape index (κ2) is 7.23. The average molecular weight is 361 g/mol. The second-order valence-corrected chi connectivity index (χ2v) is 6.63. The predicted molar refractivity (Wildman–Crippen MR) is 89.2 cm³/mol. The lowest BCUT2D eigenvalue weighted by Crippen LogP contribution is -2.43. The summed E-state index contributed by atoms with van der Waals surface area (Å²) in [6.07, 6.45) is 3.19. The fourth-order valence-corrected chi connectivity index (χ4v) is 3.41. The third-order valence-corrected chi connectivity index (χ3v) is 4.82. The minimum absolute atomic E-state index is 0.259. The van der Waals surface area contributed by atoms with Gasteiger partial charge in [-0.3, -0.25) is 19.3 Å². The third-order valence-electron chi connectivity index (χ3n) is 4.82. The van der Waals surface area contributed by atoms with Gasteiger partial charge in [-0.05, 0) is 37.5 Å². The van der Waals surface area contributed by atoms with Crippen molar-refractivity contribution in [2.24, 2.45) is 0 Å². The van der Waals surface area contributed by atoms with Crippen molar-refractivity contribution in [3.63, 3.8) is 0 Å². The SMILES string of the molecule is CC(NC(=O)CN1C(=O)C(=O)N(C2CCCC2)C1=O)c1ccc(F)cc1. The van der Waals surface area contributed by atoms with E-state index in [0.29, 0.717) is 23.3 Å². The van der Waals surface area contributed by atoms with Gasteiger partial charge in [-0.2, -0.15) is 0 Å². The molecule has 2 fully saturated rings. The molecule has 0 aromatic heterocycles. The topological polar surface area (TPSA) is 86.8 Å². The Balaban J connectivity index is 1.63. The number of benzene rings is 1. The molecule has 5 amide bonds. The summed E-state index contributed by atoms with van der Waals surface area (Å²) in [4.78, 5) is 50.5. The van der Waals surface area contributed by atoms with E-state index in [1.807, 2.05) is 0 Å². The van der Waals surface area contributed by atoms with Gasteiger partial charge in [-0.25, -0.2) is 14.1 Å². The Morgan fingerprint density at radius 1 is 1.15 bits per heavy atom. The minimum atomic E-state index is -0.966. The smallest absolute Gasteiger partial charge is 0.334 e. The number of urea groups is 1. The second-order valence-electron chi connectivity index (χ2n) is 6.63. The summed E-state index contributed by atoms with van der Waals surface area (Å²) >= 11 is 0. The summed E-state index contributed by atoms with van der Waals surface area (Å²) in [5, 5.41) is 2.65. The van der Waals surface area contributed by atoms with Crippen molar-refractivity contribution in [1.29, 1.82) is 0 Å². The van der Waals surface area contributed by atoms with Crippen molar-refractivity contribution >= 4 is 23.8 Å². The van der Waals surface area contributed by atoms with Crippen LogP contribution in [0.1, 0.15) is 44.2 Å². The van der Waals surface area contributed by atoms with E-state index in [4.69, 9.17) is 0 Å². The molecule has 1 aromatic carbocycles. The van der Waals surface area contributed by atoms with Crippen molar-refractivity contribution in [3.8, 4) is 0 Å². The van der Waals surface area contributed by atoms with Crippen LogP contribution in [0, 0.1) is 5.82 Å². The number of amides is 5. The van der Waals surface area contributed by atoms with Gasteiger partial charge in [-0.1, -0.05) is 25.0 Å². The van der Waals surface area contributed by atoms with Crippen LogP contribution in [0.15, 0.2) is 24.3 Å². The Hall–Kier alpha value is -2.77. The predicted octanol–water partition coefficient (Wildman–Crippen LogP) is 1.74. The van der Waals surface area contributed by atoms with Crippen LogP contribution >= 0.6 is 0 Å². The van der Waals surface area contributed by atoms with Crippen molar-refractivity contribution in [1.82, 2.24) is 15.1 Å². The van der Waals surface area contributed by atoms with Crippen LogP contribution in [0.3, 0.4) is 0 Å². The number of nitrogens with one attached hydrogen (secondary N) is 1. The van der Waals surface area contributed by atoms with Crippen molar-refractivity contribution in [2.75, 3.05) is 6.54 Å². The van der Waals surface area contributed by atoms with Gasteiger partial charge in [0.2, 0.25) is 5.91 Å². The summed E-state index contributed by atoms with van der Waals surface area (Å²) < 4.78 is 13.0. The van der Waals surface area contributed by atoms with Gasteiger partial charge in [0.1, 0.15) is 12.4 Å². The molecular formula is C18H20FN3O4. The Kier molecular flexibility index (Phi) is 5.01. The first kappa shape index (κ1) is 18.0. The maximum Gasteiger partial charge on any atom is 0.334 e. The van der Waals surface area contributed by atoms with Crippen LogP contribution < -0.4 is 5.32 Å². The first-order chi connectivity index (χ1) is 12.4. The van der Waals surface area contributed by atoms with E-state index in [2.05, 4.69) is 5.32 Å². The van der Waals surface area contributed by atoms with Crippen LogP contribution in [0.25, 0.3) is 0 Å². The van der Waals surface area contributed by atoms with Crippen molar-refractivity contribution in [3.05, 3.63) is 35.6 Å². The van der Waals surface area contributed by atoms with E-state index in [0.717, 1.165) is 17.7 Å². The monoisotopic (exact) mass is 361 g/mol. The lowest BCUT2D eigenvalue weighted by molar-refractivity contribution is -0.144. The maximum absolute atomic E-state index is 13.0. The van der Waals surface area contributed by atoms with Crippen LogP contribution in [0.5, 0.6) is 0 Å². The van der Waals surface area contributed by atoms with Crippen LogP contribution in [-0.4, -0.2) is 46.1 Å². The molecule has 1 N–H and O–H groups in total. The summed E-state index contributed by atoms with van der Waals surface area (Å²) in [6.45, 7) is 1.19. The molecule has 8 heteroatoms. The largest absolute Gasteiger partial charge is 0.348 e. The Labute approximate surface area is 150 Å². The molecule has 138 valence electrons. The Morgan fingerprint density at radius 2 is 1.77 bits per heavy atom. The molecule has 7 nitrogen and oxygen atoms in total. The molecule has 0 radical (unpaired) electrons. The zero-order chi connectivity index (χ0) is 18.8. The maximum atomic E-state index is 13.0. The minimum Gasteiger partial charge on any atom is -0.348 e. The van der Waals surface area contributed by atoms with Crippen LogP contribution in [-0.2, 0) is 14.4 Å². The zero-order valence-electron chi connectivity index (χ0n) is 14.4. The third kappa shape index (κ3) is 3.44. The van der Waals surface area contributed by atoms with Gasteiger partial charge in [0.05, 0.1) is 6.04 Å². The molecule has 1 atom stereocenters. The number of hydrogen-bond acceptors (Lipinski definition) is 4. The van der Waals surface area contributed by atoms with Gasteiger partial charge in [0, 0.05) is 6.04 Å². The molecule has 1 unspecified atom stereocenters. The molecule has 1 aliphatic carbocycles. The number of halogens is 1. The molecule has 1 saturated heterocycles. The number of carbonyl (C=O) groups excluding carboxylic acids is 4.